The highest BCUT2D eigenvalue weighted by atomic mass is 16.6. The van der Waals surface area contributed by atoms with E-state index >= 15 is 0 Å². The lowest BCUT2D eigenvalue weighted by atomic mass is 10.1. The molecule has 0 aliphatic heterocycles. The Balaban J connectivity index is 1.89. The number of primary amides is 1. The zero-order valence-electron chi connectivity index (χ0n) is 13.2. The van der Waals surface area contributed by atoms with E-state index in [1.165, 1.54) is 6.92 Å². The number of ether oxygens (including phenoxy) is 2. The van der Waals surface area contributed by atoms with E-state index in [0.717, 1.165) is 5.56 Å². The van der Waals surface area contributed by atoms with Crippen molar-refractivity contribution in [2.45, 2.75) is 44.1 Å². The third-order valence-electron chi connectivity index (χ3n) is 3.79. The van der Waals surface area contributed by atoms with E-state index in [9.17, 15) is 19.5 Å². The van der Waals surface area contributed by atoms with Crippen LogP contribution in [0.5, 0.6) is 0 Å². The van der Waals surface area contributed by atoms with Gasteiger partial charge in [0.25, 0.3) is 0 Å². The molecule has 1 aliphatic rings. The van der Waals surface area contributed by atoms with Crippen molar-refractivity contribution in [1.82, 2.24) is 5.32 Å². The van der Waals surface area contributed by atoms with Gasteiger partial charge in [0.1, 0.15) is 12.2 Å². The number of aliphatic carboxylic acids is 1. The van der Waals surface area contributed by atoms with E-state index in [0.29, 0.717) is 12.8 Å². The number of alkyl carbamates (subject to hydrolysis) is 1. The van der Waals surface area contributed by atoms with Crippen molar-refractivity contribution in [2.24, 2.45) is 5.73 Å². The largest absolute Gasteiger partial charge is 0.480 e. The van der Waals surface area contributed by atoms with Crippen LogP contribution in [0, 0.1) is 0 Å². The molecule has 0 heterocycles. The number of carboxylic acid groups (broad SMARTS) is 1. The van der Waals surface area contributed by atoms with Gasteiger partial charge in [-0.2, -0.15) is 0 Å². The van der Waals surface area contributed by atoms with Crippen LogP contribution >= 0.6 is 0 Å². The van der Waals surface area contributed by atoms with Gasteiger partial charge in [0, 0.05) is 0 Å². The maximum atomic E-state index is 11.8. The molecule has 0 saturated heterocycles. The van der Waals surface area contributed by atoms with Crippen molar-refractivity contribution in [3.8, 4) is 0 Å². The van der Waals surface area contributed by atoms with Crippen LogP contribution in [0.2, 0.25) is 0 Å². The van der Waals surface area contributed by atoms with Crippen molar-refractivity contribution >= 4 is 18.0 Å². The van der Waals surface area contributed by atoms with Crippen LogP contribution in [0.25, 0.3) is 0 Å². The number of rotatable bonds is 8. The second-order valence-electron chi connectivity index (χ2n) is 5.70. The predicted octanol–water partition coefficient (Wildman–Crippen LogP) is 0.789. The van der Waals surface area contributed by atoms with Gasteiger partial charge < -0.3 is 25.6 Å². The molecule has 0 unspecified atom stereocenters. The van der Waals surface area contributed by atoms with Gasteiger partial charge in [-0.25, -0.2) is 9.59 Å². The lowest BCUT2D eigenvalue weighted by Gasteiger charge is -2.25. The molecule has 0 spiro atoms. The minimum absolute atomic E-state index is 0.0134. The maximum absolute atomic E-state index is 11.8. The number of carbonyl (C=O) groups excluding carboxylic acids is 2. The molecule has 1 aromatic carbocycles. The normalized spacial score (nSPS) is 17.4. The van der Waals surface area contributed by atoms with E-state index in [1.54, 1.807) is 24.3 Å². The average molecular weight is 336 g/mol. The second-order valence-corrected chi connectivity index (χ2v) is 5.70. The van der Waals surface area contributed by atoms with Crippen LogP contribution in [0.3, 0.4) is 0 Å². The van der Waals surface area contributed by atoms with Gasteiger partial charge in [0.05, 0.1) is 6.10 Å². The fourth-order valence-electron chi connectivity index (χ4n) is 2.23. The first-order valence-corrected chi connectivity index (χ1v) is 7.52. The molecular weight excluding hydrogens is 316 g/mol. The molecule has 1 aliphatic carbocycles. The number of carboxylic acids is 1. The number of carbonyl (C=O) groups is 3. The monoisotopic (exact) mass is 336 g/mol. The zero-order chi connectivity index (χ0) is 17.7. The Morgan fingerprint density at radius 1 is 1.29 bits per heavy atom. The SMILES string of the molecule is C[C@@H](OC1(C(N)=O)CC1)[C@H](NC(=O)OCc1ccccc1)C(=O)O. The standard InChI is InChI=1S/C16H20N2O6/c1-10(24-16(7-8-16)14(17)21)12(13(19)20)18-15(22)23-9-11-5-3-2-4-6-11/h2-6,10,12H,7-9H2,1H3,(H2,17,21)(H,18,22)(H,19,20)/t10-,12+/m1/s1. The van der Waals surface area contributed by atoms with E-state index in [-0.39, 0.29) is 6.61 Å². The summed E-state index contributed by atoms with van der Waals surface area (Å²) < 4.78 is 10.5. The first-order chi connectivity index (χ1) is 11.3. The molecule has 1 saturated carbocycles. The second kappa shape index (κ2) is 7.31. The molecule has 8 nitrogen and oxygen atoms in total. The lowest BCUT2D eigenvalue weighted by molar-refractivity contribution is -0.150. The summed E-state index contributed by atoms with van der Waals surface area (Å²) in [5.74, 6) is -1.93. The highest BCUT2D eigenvalue weighted by Crippen LogP contribution is 2.40. The maximum Gasteiger partial charge on any atom is 0.408 e. The molecule has 1 aromatic rings. The van der Waals surface area contributed by atoms with Gasteiger partial charge in [-0.15, -0.1) is 0 Å². The molecule has 2 atom stereocenters. The van der Waals surface area contributed by atoms with Crippen molar-refractivity contribution in [2.75, 3.05) is 0 Å². The van der Waals surface area contributed by atoms with Crippen LogP contribution in [-0.4, -0.2) is 40.8 Å². The van der Waals surface area contributed by atoms with E-state index in [2.05, 4.69) is 5.32 Å². The number of amides is 2. The van der Waals surface area contributed by atoms with Crippen LogP contribution in [-0.2, 0) is 25.7 Å². The highest BCUT2D eigenvalue weighted by molar-refractivity contribution is 5.86. The number of hydrogen-bond acceptors (Lipinski definition) is 5. The molecule has 8 heteroatoms. The summed E-state index contributed by atoms with van der Waals surface area (Å²) in [4.78, 5) is 34.5. The van der Waals surface area contributed by atoms with Gasteiger partial charge in [-0.05, 0) is 25.3 Å². The first-order valence-electron chi connectivity index (χ1n) is 7.52. The third-order valence-corrected chi connectivity index (χ3v) is 3.79. The average Bonchev–Trinajstić information content (AvgIpc) is 3.32. The molecule has 24 heavy (non-hydrogen) atoms. The van der Waals surface area contributed by atoms with Gasteiger partial charge in [0.15, 0.2) is 6.04 Å². The molecule has 0 bridgehead atoms. The summed E-state index contributed by atoms with van der Waals surface area (Å²) >= 11 is 0. The summed E-state index contributed by atoms with van der Waals surface area (Å²) in [6.45, 7) is 1.47. The van der Waals surface area contributed by atoms with Gasteiger partial charge in [-0.3, -0.25) is 4.79 Å². The Hall–Kier alpha value is -2.61. The quantitative estimate of drug-likeness (QED) is 0.644. The van der Waals surface area contributed by atoms with E-state index in [1.807, 2.05) is 6.07 Å². The number of nitrogens with two attached hydrogens (primary N) is 1. The van der Waals surface area contributed by atoms with Crippen molar-refractivity contribution < 1.29 is 29.0 Å². The molecular formula is C16H20N2O6. The summed E-state index contributed by atoms with van der Waals surface area (Å²) in [7, 11) is 0. The summed E-state index contributed by atoms with van der Waals surface area (Å²) in [5.41, 5.74) is 4.90. The highest BCUT2D eigenvalue weighted by Gasteiger charge is 2.52. The van der Waals surface area contributed by atoms with Crippen LogP contribution in [0.1, 0.15) is 25.3 Å². The van der Waals surface area contributed by atoms with E-state index < -0.39 is 35.7 Å². The predicted molar refractivity (Wildman–Crippen MR) is 82.9 cm³/mol. The smallest absolute Gasteiger partial charge is 0.408 e. The van der Waals surface area contributed by atoms with Crippen molar-refractivity contribution in [3.63, 3.8) is 0 Å². The molecule has 0 aromatic heterocycles. The Morgan fingerprint density at radius 2 is 1.92 bits per heavy atom. The number of hydrogen-bond donors (Lipinski definition) is 3. The first kappa shape index (κ1) is 17.7. The van der Waals surface area contributed by atoms with Crippen molar-refractivity contribution in [1.29, 1.82) is 0 Å². The molecule has 0 radical (unpaired) electrons. The summed E-state index contributed by atoms with van der Waals surface area (Å²) in [6, 6.07) is 7.62. The van der Waals surface area contributed by atoms with Crippen molar-refractivity contribution in [3.05, 3.63) is 35.9 Å². The minimum Gasteiger partial charge on any atom is -0.480 e. The molecule has 130 valence electrons. The van der Waals surface area contributed by atoms with Crippen LogP contribution < -0.4 is 11.1 Å². The van der Waals surface area contributed by atoms with Gasteiger partial charge >= 0.3 is 12.1 Å². The molecule has 2 amide bonds. The van der Waals surface area contributed by atoms with E-state index in [4.69, 9.17) is 15.2 Å². The number of benzene rings is 1. The summed E-state index contributed by atoms with van der Waals surface area (Å²) in [6.07, 6.45) is -0.943. The lowest BCUT2D eigenvalue weighted by Crippen LogP contribution is -2.51. The molecule has 2 rings (SSSR count). The number of nitrogens with one attached hydrogen (secondary N) is 1. The topological polar surface area (TPSA) is 128 Å². The molecule has 4 N–H and O–H groups in total. The zero-order valence-corrected chi connectivity index (χ0v) is 13.2. The minimum atomic E-state index is -1.36. The summed E-state index contributed by atoms with van der Waals surface area (Å²) in [5, 5.41) is 11.5. The Kier molecular flexibility index (Phi) is 5.40. The van der Waals surface area contributed by atoms with Gasteiger partial charge in [0.2, 0.25) is 5.91 Å². The fraction of sp³-hybridized carbons (Fsp3) is 0.438. The molecule has 1 fully saturated rings. The Morgan fingerprint density at radius 3 is 2.42 bits per heavy atom. The van der Waals surface area contributed by atoms with Crippen LogP contribution in [0.15, 0.2) is 30.3 Å². The fourth-order valence-corrected chi connectivity index (χ4v) is 2.23. The van der Waals surface area contributed by atoms with Crippen LogP contribution in [0.4, 0.5) is 4.79 Å². The van der Waals surface area contributed by atoms with Gasteiger partial charge in [-0.1, -0.05) is 30.3 Å². The Bertz CT molecular complexity index is 614. The third kappa shape index (κ3) is 4.45. The Labute approximate surface area is 138 Å².